The summed E-state index contributed by atoms with van der Waals surface area (Å²) >= 11 is 0. The summed E-state index contributed by atoms with van der Waals surface area (Å²) in [5.74, 6) is 1.87. The Morgan fingerprint density at radius 2 is 2.19 bits per heavy atom. The first-order chi connectivity index (χ1) is 7.65. The Balaban J connectivity index is 2.40. The van der Waals surface area contributed by atoms with E-state index in [0.29, 0.717) is 12.0 Å². The van der Waals surface area contributed by atoms with E-state index in [4.69, 9.17) is 0 Å². The molecule has 0 fully saturated rings. The Morgan fingerprint density at radius 3 is 2.69 bits per heavy atom. The van der Waals surface area contributed by atoms with Crippen LogP contribution < -0.4 is 5.32 Å². The highest BCUT2D eigenvalue weighted by molar-refractivity contribution is 4.92. The molecule has 1 atom stereocenters. The number of nitrogens with one attached hydrogen (secondary N) is 1. The molecule has 1 unspecified atom stereocenters. The third-order valence-corrected chi connectivity index (χ3v) is 3.06. The van der Waals surface area contributed by atoms with Crippen LogP contribution in [0.25, 0.3) is 0 Å². The largest absolute Gasteiger partial charge is 0.338 e. The van der Waals surface area contributed by atoms with Crippen molar-refractivity contribution in [2.24, 2.45) is 13.0 Å². The van der Waals surface area contributed by atoms with Gasteiger partial charge in [0, 0.05) is 31.9 Å². The Morgan fingerprint density at radius 1 is 1.44 bits per heavy atom. The molecule has 0 aliphatic carbocycles. The van der Waals surface area contributed by atoms with E-state index in [9.17, 15) is 0 Å². The molecule has 3 heteroatoms. The van der Waals surface area contributed by atoms with Crippen molar-refractivity contribution in [2.75, 3.05) is 6.54 Å². The highest BCUT2D eigenvalue weighted by atomic mass is 15.0. The van der Waals surface area contributed by atoms with Gasteiger partial charge in [-0.2, -0.15) is 0 Å². The topological polar surface area (TPSA) is 29.9 Å². The predicted molar refractivity (Wildman–Crippen MR) is 68.4 cm³/mol. The fourth-order valence-corrected chi connectivity index (χ4v) is 1.92. The van der Waals surface area contributed by atoms with Gasteiger partial charge in [0.05, 0.1) is 0 Å². The van der Waals surface area contributed by atoms with Crippen LogP contribution in [0.2, 0.25) is 0 Å². The van der Waals surface area contributed by atoms with Crippen LogP contribution in [0.5, 0.6) is 0 Å². The molecule has 1 heterocycles. The second-order valence-electron chi connectivity index (χ2n) is 4.80. The van der Waals surface area contributed by atoms with Gasteiger partial charge < -0.3 is 9.88 Å². The smallest absolute Gasteiger partial charge is 0.108 e. The molecule has 92 valence electrons. The highest BCUT2D eigenvalue weighted by Gasteiger charge is 2.13. The van der Waals surface area contributed by atoms with Crippen molar-refractivity contribution in [3.05, 3.63) is 18.2 Å². The van der Waals surface area contributed by atoms with Crippen LogP contribution in [0, 0.1) is 5.92 Å². The van der Waals surface area contributed by atoms with Crippen molar-refractivity contribution < 1.29 is 0 Å². The van der Waals surface area contributed by atoms with Gasteiger partial charge in [0.25, 0.3) is 0 Å². The number of nitrogens with zero attached hydrogens (tertiary/aromatic N) is 2. The van der Waals surface area contributed by atoms with Crippen molar-refractivity contribution in [3.63, 3.8) is 0 Å². The highest BCUT2D eigenvalue weighted by Crippen LogP contribution is 2.10. The molecule has 1 aromatic rings. The first kappa shape index (κ1) is 13.2. The molecular formula is C13H25N3. The maximum absolute atomic E-state index is 4.36. The van der Waals surface area contributed by atoms with Gasteiger partial charge in [-0.1, -0.05) is 20.8 Å². The lowest BCUT2D eigenvalue weighted by Crippen LogP contribution is -2.35. The molecule has 1 rings (SSSR count). The quantitative estimate of drug-likeness (QED) is 0.769. The molecule has 0 aliphatic rings. The molecule has 16 heavy (non-hydrogen) atoms. The fraction of sp³-hybridized carbons (Fsp3) is 0.769. The number of aromatic nitrogens is 2. The normalized spacial score (nSPS) is 13.3. The van der Waals surface area contributed by atoms with Crippen molar-refractivity contribution in [1.82, 2.24) is 14.9 Å². The van der Waals surface area contributed by atoms with Crippen molar-refractivity contribution >= 4 is 0 Å². The third kappa shape index (κ3) is 3.97. The average Bonchev–Trinajstić information content (AvgIpc) is 2.64. The van der Waals surface area contributed by atoms with Gasteiger partial charge in [-0.05, 0) is 25.3 Å². The summed E-state index contributed by atoms with van der Waals surface area (Å²) in [5, 5.41) is 3.61. The number of rotatable bonds is 7. The van der Waals surface area contributed by atoms with Gasteiger partial charge in [0.15, 0.2) is 0 Å². The molecule has 1 aromatic heterocycles. The number of imidazole rings is 1. The molecule has 3 nitrogen and oxygen atoms in total. The Bertz CT molecular complexity index is 291. The van der Waals surface area contributed by atoms with Gasteiger partial charge in [-0.3, -0.25) is 0 Å². The minimum atomic E-state index is 0.608. The first-order valence-corrected chi connectivity index (χ1v) is 6.34. The summed E-state index contributed by atoms with van der Waals surface area (Å²) in [5.41, 5.74) is 0. The Kier molecular flexibility index (Phi) is 5.53. The lowest BCUT2D eigenvalue weighted by atomic mass is 9.99. The summed E-state index contributed by atoms with van der Waals surface area (Å²) in [7, 11) is 2.06. The molecule has 0 aliphatic heterocycles. The maximum Gasteiger partial charge on any atom is 0.108 e. The minimum Gasteiger partial charge on any atom is -0.338 e. The first-order valence-electron chi connectivity index (χ1n) is 6.34. The van der Waals surface area contributed by atoms with Crippen LogP contribution in [-0.4, -0.2) is 22.1 Å². The van der Waals surface area contributed by atoms with Crippen LogP contribution in [0.15, 0.2) is 12.4 Å². The summed E-state index contributed by atoms with van der Waals surface area (Å²) in [4.78, 5) is 4.36. The molecule has 0 saturated carbocycles. The van der Waals surface area contributed by atoms with E-state index in [1.807, 2.05) is 12.4 Å². The van der Waals surface area contributed by atoms with Gasteiger partial charge in [-0.15, -0.1) is 0 Å². The van der Waals surface area contributed by atoms with Crippen LogP contribution in [0.4, 0.5) is 0 Å². The Hall–Kier alpha value is -0.830. The molecule has 0 amide bonds. The molecule has 1 N–H and O–H groups in total. The second-order valence-corrected chi connectivity index (χ2v) is 4.80. The summed E-state index contributed by atoms with van der Waals surface area (Å²) < 4.78 is 2.11. The molecule has 0 saturated heterocycles. The van der Waals surface area contributed by atoms with Crippen molar-refractivity contribution in [1.29, 1.82) is 0 Å². The van der Waals surface area contributed by atoms with Gasteiger partial charge >= 0.3 is 0 Å². The molecule has 0 radical (unpaired) electrons. The average molecular weight is 223 g/mol. The SMILES string of the molecule is CCCNC(CCc1nccn1C)C(C)C. The van der Waals surface area contributed by atoms with E-state index >= 15 is 0 Å². The van der Waals surface area contributed by atoms with E-state index in [1.165, 1.54) is 18.7 Å². The molecule has 0 spiro atoms. The molecular weight excluding hydrogens is 198 g/mol. The zero-order chi connectivity index (χ0) is 12.0. The van der Waals surface area contributed by atoms with E-state index < -0.39 is 0 Å². The number of hydrogen-bond donors (Lipinski definition) is 1. The van der Waals surface area contributed by atoms with Crippen molar-refractivity contribution in [3.8, 4) is 0 Å². The van der Waals surface area contributed by atoms with Crippen LogP contribution in [0.1, 0.15) is 39.4 Å². The molecule has 0 aromatic carbocycles. The summed E-state index contributed by atoms with van der Waals surface area (Å²) in [6.45, 7) is 7.89. The second kappa shape index (κ2) is 6.69. The Labute approximate surface area is 99.3 Å². The van der Waals surface area contributed by atoms with Crippen LogP contribution in [-0.2, 0) is 13.5 Å². The van der Waals surface area contributed by atoms with Crippen LogP contribution >= 0.6 is 0 Å². The fourth-order valence-electron chi connectivity index (χ4n) is 1.92. The van der Waals surface area contributed by atoms with E-state index in [1.54, 1.807) is 0 Å². The lowest BCUT2D eigenvalue weighted by molar-refractivity contribution is 0.375. The third-order valence-electron chi connectivity index (χ3n) is 3.06. The van der Waals surface area contributed by atoms with Gasteiger partial charge in [-0.25, -0.2) is 4.98 Å². The van der Waals surface area contributed by atoms with E-state index in [-0.39, 0.29) is 0 Å². The zero-order valence-corrected chi connectivity index (χ0v) is 11.0. The van der Waals surface area contributed by atoms with E-state index in [2.05, 4.69) is 42.7 Å². The number of hydrogen-bond acceptors (Lipinski definition) is 2. The van der Waals surface area contributed by atoms with Crippen LogP contribution in [0.3, 0.4) is 0 Å². The monoisotopic (exact) mass is 223 g/mol. The minimum absolute atomic E-state index is 0.608. The molecule has 0 bridgehead atoms. The van der Waals surface area contributed by atoms with E-state index in [0.717, 1.165) is 13.0 Å². The summed E-state index contributed by atoms with van der Waals surface area (Å²) in [6.07, 6.45) is 7.32. The zero-order valence-electron chi connectivity index (χ0n) is 11.0. The van der Waals surface area contributed by atoms with Crippen molar-refractivity contribution in [2.45, 2.75) is 46.1 Å². The lowest BCUT2D eigenvalue weighted by Gasteiger charge is -2.22. The van der Waals surface area contributed by atoms with Gasteiger partial charge in [0.1, 0.15) is 5.82 Å². The standard InChI is InChI=1S/C13H25N3/c1-5-8-14-12(11(2)3)6-7-13-15-9-10-16(13)4/h9-12,14H,5-8H2,1-4H3. The maximum atomic E-state index is 4.36. The number of aryl methyl sites for hydroxylation is 2. The van der Waals surface area contributed by atoms with Gasteiger partial charge in [0.2, 0.25) is 0 Å². The predicted octanol–water partition coefficient (Wildman–Crippen LogP) is 2.38. The summed E-state index contributed by atoms with van der Waals surface area (Å²) in [6, 6.07) is 0.608.